The van der Waals surface area contributed by atoms with Crippen LogP contribution in [0, 0.1) is 0 Å². The van der Waals surface area contributed by atoms with Gasteiger partial charge in [0.05, 0.1) is 0 Å². The van der Waals surface area contributed by atoms with Crippen molar-refractivity contribution >= 4 is 0 Å². The van der Waals surface area contributed by atoms with Crippen LogP contribution in [-0.4, -0.2) is 55.7 Å². The highest BCUT2D eigenvalue weighted by molar-refractivity contribution is 4.77. The van der Waals surface area contributed by atoms with E-state index >= 15 is 0 Å². The van der Waals surface area contributed by atoms with Gasteiger partial charge in [0.1, 0.15) is 6.67 Å². The van der Waals surface area contributed by atoms with Gasteiger partial charge in [-0.05, 0) is 39.5 Å². The molecule has 1 heterocycles. The zero-order valence-corrected chi connectivity index (χ0v) is 8.80. The Morgan fingerprint density at radius 1 is 1.38 bits per heavy atom. The summed E-state index contributed by atoms with van der Waals surface area (Å²) in [6, 6.07) is 0.622. The molecule has 1 rings (SSSR count). The van der Waals surface area contributed by atoms with Gasteiger partial charge in [0.25, 0.3) is 0 Å². The average Bonchev–Trinajstić information content (AvgIpc) is 2.16. The van der Waals surface area contributed by atoms with E-state index in [1.54, 1.807) is 0 Å². The van der Waals surface area contributed by atoms with E-state index in [0.29, 0.717) is 12.6 Å². The van der Waals surface area contributed by atoms with Gasteiger partial charge in [-0.3, -0.25) is 4.90 Å². The third-order valence-corrected chi connectivity index (χ3v) is 2.98. The quantitative estimate of drug-likeness (QED) is 0.657. The van der Waals surface area contributed by atoms with Crippen LogP contribution >= 0.6 is 0 Å². The van der Waals surface area contributed by atoms with Crippen molar-refractivity contribution in [1.29, 1.82) is 0 Å². The molecule has 1 aliphatic heterocycles. The van der Waals surface area contributed by atoms with Gasteiger partial charge in [-0.2, -0.15) is 0 Å². The third kappa shape index (κ3) is 3.24. The summed E-state index contributed by atoms with van der Waals surface area (Å²) in [4.78, 5) is 4.62. The first-order valence-electron chi connectivity index (χ1n) is 5.26. The maximum absolute atomic E-state index is 12.2. The molecule has 0 aromatic heterocycles. The van der Waals surface area contributed by atoms with Gasteiger partial charge in [-0.1, -0.05) is 6.92 Å². The molecule has 0 amide bonds. The lowest BCUT2D eigenvalue weighted by Crippen LogP contribution is -2.44. The molecule has 0 aromatic carbocycles. The Balaban J connectivity index is 2.32. The highest BCUT2D eigenvalue weighted by atomic mass is 19.1. The predicted octanol–water partition coefficient (Wildman–Crippen LogP) is 1.37. The first-order valence-corrected chi connectivity index (χ1v) is 5.26. The molecule has 0 bridgehead atoms. The SMILES string of the molecule is CCN(CCF)C1CCN(C)CC1. The Hall–Kier alpha value is -0.150. The molecular formula is C10H21FN2. The van der Waals surface area contributed by atoms with Gasteiger partial charge in [0.15, 0.2) is 0 Å². The van der Waals surface area contributed by atoms with Crippen LogP contribution in [0.15, 0.2) is 0 Å². The molecular weight excluding hydrogens is 167 g/mol. The fourth-order valence-electron chi connectivity index (χ4n) is 2.07. The third-order valence-electron chi connectivity index (χ3n) is 2.98. The molecule has 0 N–H and O–H groups in total. The van der Waals surface area contributed by atoms with Crippen molar-refractivity contribution in [2.45, 2.75) is 25.8 Å². The molecule has 0 unspecified atom stereocenters. The first-order chi connectivity index (χ1) is 6.27. The molecule has 13 heavy (non-hydrogen) atoms. The summed E-state index contributed by atoms with van der Waals surface area (Å²) < 4.78 is 12.2. The molecule has 2 nitrogen and oxygen atoms in total. The minimum Gasteiger partial charge on any atom is -0.306 e. The van der Waals surface area contributed by atoms with E-state index in [9.17, 15) is 4.39 Å². The van der Waals surface area contributed by atoms with Crippen LogP contribution in [0.5, 0.6) is 0 Å². The Bertz CT molecular complexity index is 133. The first kappa shape index (κ1) is 10.9. The Labute approximate surface area is 80.7 Å². The van der Waals surface area contributed by atoms with Gasteiger partial charge >= 0.3 is 0 Å². The largest absolute Gasteiger partial charge is 0.306 e. The summed E-state index contributed by atoms with van der Waals surface area (Å²) >= 11 is 0. The molecule has 1 saturated heterocycles. The maximum atomic E-state index is 12.2. The fourth-order valence-corrected chi connectivity index (χ4v) is 2.07. The van der Waals surface area contributed by atoms with E-state index in [1.165, 1.54) is 12.8 Å². The second-order valence-electron chi connectivity index (χ2n) is 3.85. The van der Waals surface area contributed by atoms with Crippen molar-refractivity contribution in [3.05, 3.63) is 0 Å². The molecule has 0 saturated carbocycles. The molecule has 78 valence electrons. The molecule has 0 radical (unpaired) electrons. The van der Waals surface area contributed by atoms with E-state index in [-0.39, 0.29) is 6.67 Å². The van der Waals surface area contributed by atoms with E-state index in [0.717, 1.165) is 19.6 Å². The van der Waals surface area contributed by atoms with Crippen molar-refractivity contribution in [3.63, 3.8) is 0 Å². The van der Waals surface area contributed by atoms with E-state index in [1.807, 2.05) is 0 Å². The smallest absolute Gasteiger partial charge is 0.102 e. The van der Waals surface area contributed by atoms with Crippen LogP contribution in [-0.2, 0) is 0 Å². The van der Waals surface area contributed by atoms with Crippen molar-refractivity contribution in [1.82, 2.24) is 9.80 Å². The maximum Gasteiger partial charge on any atom is 0.102 e. The summed E-state index contributed by atoms with van der Waals surface area (Å²) in [6.07, 6.45) is 2.40. The number of nitrogens with zero attached hydrogens (tertiary/aromatic N) is 2. The van der Waals surface area contributed by atoms with Crippen LogP contribution in [0.25, 0.3) is 0 Å². The lowest BCUT2D eigenvalue weighted by molar-refractivity contribution is 0.119. The summed E-state index contributed by atoms with van der Waals surface area (Å²) in [5, 5.41) is 0. The number of halogens is 1. The number of hydrogen-bond acceptors (Lipinski definition) is 2. The van der Waals surface area contributed by atoms with E-state index < -0.39 is 0 Å². The van der Waals surface area contributed by atoms with Crippen molar-refractivity contribution < 1.29 is 4.39 Å². The second-order valence-corrected chi connectivity index (χ2v) is 3.85. The Morgan fingerprint density at radius 3 is 2.46 bits per heavy atom. The lowest BCUT2D eigenvalue weighted by atomic mass is 10.0. The molecule has 1 fully saturated rings. The van der Waals surface area contributed by atoms with Crippen LogP contribution in [0.4, 0.5) is 4.39 Å². The number of alkyl halides is 1. The van der Waals surface area contributed by atoms with Crippen LogP contribution in [0.2, 0.25) is 0 Å². The molecule has 0 aromatic rings. The topological polar surface area (TPSA) is 6.48 Å². The second kappa shape index (κ2) is 5.55. The van der Waals surface area contributed by atoms with E-state index in [4.69, 9.17) is 0 Å². The molecule has 0 spiro atoms. The van der Waals surface area contributed by atoms with Crippen molar-refractivity contribution in [2.75, 3.05) is 39.9 Å². The fraction of sp³-hybridized carbons (Fsp3) is 1.00. The molecule has 0 atom stereocenters. The number of rotatable bonds is 4. The zero-order chi connectivity index (χ0) is 9.68. The highest BCUT2D eigenvalue weighted by Crippen LogP contribution is 2.14. The number of piperidine rings is 1. The van der Waals surface area contributed by atoms with Gasteiger partial charge < -0.3 is 4.90 Å². The van der Waals surface area contributed by atoms with Crippen molar-refractivity contribution in [3.8, 4) is 0 Å². The highest BCUT2D eigenvalue weighted by Gasteiger charge is 2.21. The summed E-state index contributed by atoms with van der Waals surface area (Å²) in [7, 11) is 2.15. The minimum absolute atomic E-state index is 0.208. The minimum atomic E-state index is -0.208. The monoisotopic (exact) mass is 188 g/mol. The summed E-state index contributed by atoms with van der Waals surface area (Å²) in [5.41, 5.74) is 0. The van der Waals surface area contributed by atoms with Crippen LogP contribution in [0.1, 0.15) is 19.8 Å². The summed E-state index contributed by atoms with van der Waals surface area (Å²) in [6.45, 7) is 5.83. The molecule has 0 aliphatic carbocycles. The van der Waals surface area contributed by atoms with Gasteiger partial charge in [-0.15, -0.1) is 0 Å². The Morgan fingerprint density at radius 2 is 2.00 bits per heavy atom. The van der Waals surface area contributed by atoms with Gasteiger partial charge in [0, 0.05) is 12.6 Å². The normalized spacial score (nSPS) is 21.2. The zero-order valence-electron chi connectivity index (χ0n) is 8.80. The van der Waals surface area contributed by atoms with E-state index in [2.05, 4.69) is 23.8 Å². The van der Waals surface area contributed by atoms with Gasteiger partial charge in [-0.25, -0.2) is 4.39 Å². The van der Waals surface area contributed by atoms with Gasteiger partial charge in [0.2, 0.25) is 0 Å². The predicted molar refractivity (Wildman–Crippen MR) is 53.7 cm³/mol. The van der Waals surface area contributed by atoms with Crippen LogP contribution < -0.4 is 0 Å². The standard InChI is InChI=1S/C10H21FN2/c1-3-13(9-6-11)10-4-7-12(2)8-5-10/h10H,3-9H2,1-2H3. The summed E-state index contributed by atoms with van der Waals surface area (Å²) in [5.74, 6) is 0. The molecule has 3 heteroatoms. The Kier molecular flexibility index (Phi) is 4.67. The number of hydrogen-bond donors (Lipinski definition) is 0. The van der Waals surface area contributed by atoms with Crippen molar-refractivity contribution in [2.24, 2.45) is 0 Å². The van der Waals surface area contributed by atoms with Crippen LogP contribution in [0.3, 0.4) is 0 Å². The lowest BCUT2D eigenvalue weighted by Gasteiger charge is -2.36. The average molecular weight is 188 g/mol. The number of likely N-dealkylation sites (tertiary alicyclic amines) is 1. The molecule has 1 aliphatic rings.